The zero-order valence-corrected chi connectivity index (χ0v) is 29.2. The van der Waals surface area contributed by atoms with E-state index in [0.717, 1.165) is 24.0 Å². The quantitative estimate of drug-likeness (QED) is 0.0876. The minimum Gasteiger partial charge on any atom is -0.493 e. The van der Waals surface area contributed by atoms with Crippen LogP contribution in [0.1, 0.15) is 44.4 Å². The Hall–Kier alpha value is -5.03. The van der Waals surface area contributed by atoms with Crippen molar-refractivity contribution in [3.63, 3.8) is 0 Å². The summed E-state index contributed by atoms with van der Waals surface area (Å²) in [5.41, 5.74) is 7.88. The SMILES string of the molecule is CCOC(=O)Cc1ccc(Oc2ccc(CC)cc2OC)c(F)c1.CCOC(=O)Cl.CCc1ccc(Oc2ccc(N)cc2F)c(OC)c1. The lowest BCUT2D eigenvalue weighted by atomic mass is 10.1. The summed E-state index contributed by atoms with van der Waals surface area (Å²) >= 11 is 4.72. The van der Waals surface area contributed by atoms with Gasteiger partial charge in [0.2, 0.25) is 0 Å². The van der Waals surface area contributed by atoms with Crippen LogP contribution in [0.15, 0.2) is 72.8 Å². The molecule has 0 fully saturated rings. The van der Waals surface area contributed by atoms with Gasteiger partial charge in [-0.2, -0.15) is 0 Å². The fourth-order valence-electron chi connectivity index (χ4n) is 4.10. The molecule has 264 valence electrons. The highest BCUT2D eigenvalue weighted by Gasteiger charge is 2.13. The second-order valence-electron chi connectivity index (χ2n) is 9.99. The van der Waals surface area contributed by atoms with Gasteiger partial charge in [-0.3, -0.25) is 4.79 Å². The molecule has 0 spiro atoms. The molecule has 0 atom stereocenters. The molecule has 0 aliphatic carbocycles. The van der Waals surface area contributed by atoms with Crippen LogP contribution in [-0.2, 0) is 33.5 Å². The summed E-state index contributed by atoms with van der Waals surface area (Å²) in [6, 6.07) is 19.8. The Morgan fingerprint density at radius 1 is 0.612 bits per heavy atom. The van der Waals surface area contributed by atoms with E-state index in [1.807, 2.05) is 31.2 Å². The Bertz CT molecular complexity index is 1670. The van der Waals surface area contributed by atoms with Gasteiger partial charge in [-0.1, -0.05) is 32.0 Å². The molecule has 2 N–H and O–H groups in total. The third-order valence-corrected chi connectivity index (χ3v) is 6.69. The first kappa shape index (κ1) is 40.1. The molecule has 9 nitrogen and oxygen atoms in total. The number of benzene rings is 4. The molecule has 49 heavy (non-hydrogen) atoms. The van der Waals surface area contributed by atoms with Gasteiger partial charge in [-0.25, -0.2) is 13.6 Å². The first-order valence-corrected chi connectivity index (χ1v) is 15.9. The standard InChI is InChI=1S/C19H21FO4.C15H16FNO2.C3H5ClO2/c1-4-13-6-9-17(18(11-13)22-3)24-16-8-7-14(10-15(16)20)12-19(21)23-5-2;1-3-10-4-6-14(15(8-10)18-2)19-13-7-5-11(17)9-12(13)16;1-2-6-3(4)5/h6-11H,4-5,12H2,1-3H3;4-9H,3,17H2,1-2H3;2H2,1H3. The van der Waals surface area contributed by atoms with Crippen LogP contribution in [0, 0.1) is 11.6 Å². The van der Waals surface area contributed by atoms with E-state index in [2.05, 4.69) is 11.7 Å². The van der Waals surface area contributed by atoms with Crippen molar-refractivity contribution in [2.45, 2.75) is 47.0 Å². The molecule has 0 radical (unpaired) electrons. The smallest absolute Gasteiger partial charge is 0.403 e. The first-order chi connectivity index (χ1) is 23.5. The van der Waals surface area contributed by atoms with Gasteiger partial charge in [0.25, 0.3) is 0 Å². The van der Waals surface area contributed by atoms with Crippen molar-refractivity contribution >= 4 is 28.7 Å². The van der Waals surface area contributed by atoms with Gasteiger partial charge in [-0.15, -0.1) is 0 Å². The minimum atomic E-state index is -0.738. The Kier molecular flexibility index (Phi) is 17.2. The Labute approximate surface area is 290 Å². The predicted molar refractivity (Wildman–Crippen MR) is 185 cm³/mol. The zero-order chi connectivity index (χ0) is 36.3. The highest BCUT2D eigenvalue weighted by molar-refractivity contribution is 6.61. The summed E-state index contributed by atoms with van der Waals surface area (Å²) in [5, 5.41) is 0. The molecule has 0 aliphatic rings. The largest absolute Gasteiger partial charge is 0.493 e. The summed E-state index contributed by atoms with van der Waals surface area (Å²) in [7, 11) is 3.10. The number of rotatable bonds is 12. The normalized spacial score (nSPS) is 9.98. The maximum Gasteiger partial charge on any atom is 0.403 e. The van der Waals surface area contributed by atoms with E-state index in [1.54, 1.807) is 52.3 Å². The lowest BCUT2D eigenvalue weighted by molar-refractivity contribution is -0.142. The fourth-order valence-corrected chi connectivity index (χ4v) is 4.21. The second-order valence-corrected chi connectivity index (χ2v) is 10.3. The second kappa shape index (κ2) is 21.0. The van der Waals surface area contributed by atoms with Crippen LogP contribution >= 0.6 is 11.6 Å². The third kappa shape index (κ3) is 13.5. The van der Waals surface area contributed by atoms with Crippen LogP contribution < -0.4 is 24.7 Å². The van der Waals surface area contributed by atoms with Gasteiger partial charge in [0.1, 0.15) is 0 Å². The van der Waals surface area contributed by atoms with Gasteiger partial charge in [0.15, 0.2) is 46.1 Å². The van der Waals surface area contributed by atoms with Crippen LogP contribution in [0.4, 0.5) is 19.3 Å². The minimum absolute atomic E-state index is 0.0273. The summed E-state index contributed by atoms with van der Waals surface area (Å²) < 4.78 is 58.6. The molecular weight excluding hydrogens is 660 g/mol. The van der Waals surface area contributed by atoms with E-state index in [4.69, 9.17) is 41.0 Å². The number of carbonyl (C=O) groups is 2. The molecule has 4 aromatic carbocycles. The van der Waals surface area contributed by atoms with E-state index < -0.39 is 17.1 Å². The van der Waals surface area contributed by atoms with Crippen LogP contribution in [0.25, 0.3) is 0 Å². The maximum absolute atomic E-state index is 14.2. The Morgan fingerprint density at radius 2 is 1.06 bits per heavy atom. The number of methoxy groups -OCH3 is 2. The van der Waals surface area contributed by atoms with Gasteiger partial charge >= 0.3 is 11.4 Å². The zero-order valence-electron chi connectivity index (χ0n) is 28.4. The summed E-state index contributed by atoms with van der Waals surface area (Å²) in [6.45, 7) is 8.16. The van der Waals surface area contributed by atoms with E-state index in [0.29, 0.717) is 47.5 Å². The number of nitrogens with two attached hydrogens (primary N) is 1. The molecule has 4 aromatic rings. The Balaban J connectivity index is 0.000000297. The van der Waals surface area contributed by atoms with E-state index >= 15 is 0 Å². The van der Waals surface area contributed by atoms with Crippen LogP contribution in [-0.4, -0.2) is 38.8 Å². The van der Waals surface area contributed by atoms with Gasteiger partial charge in [-0.05, 0) is 91.9 Å². The molecule has 0 saturated carbocycles. The molecule has 0 saturated heterocycles. The third-order valence-electron chi connectivity index (χ3n) is 6.58. The molecule has 0 amide bonds. The van der Waals surface area contributed by atoms with E-state index in [-0.39, 0.29) is 23.9 Å². The highest BCUT2D eigenvalue weighted by atomic mass is 35.5. The van der Waals surface area contributed by atoms with Crippen molar-refractivity contribution in [2.24, 2.45) is 0 Å². The van der Waals surface area contributed by atoms with Crippen molar-refractivity contribution in [3.8, 4) is 34.5 Å². The van der Waals surface area contributed by atoms with E-state index in [9.17, 15) is 18.4 Å². The number of anilines is 1. The van der Waals surface area contributed by atoms with Crippen molar-refractivity contribution < 1.29 is 46.8 Å². The Morgan fingerprint density at radius 3 is 1.45 bits per heavy atom. The molecule has 0 heterocycles. The molecule has 0 aliphatic heterocycles. The van der Waals surface area contributed by atoms with Gasteiger partial charge in [0, 0.05) is 23.4 Å². The van der Waals surface area contributed by atoms with Crippen LogP contribution in [0.3, 0.4) is 0 Å². The number of carbonyl (C=O) groups excluding carboxylic acids is 2. The monoisotopic (exact) mass is 701 g/mol. The number of nitrogen functional groups attached to an aromatic ring is 1. The van der Waals surface area contributed by atoms with Crippen LogP contribution in [0.2, 0.25) is 0 Å². The summed E-state index contributed by atoms with van der Waals surface area (Å²) in [5.74, 6) is 0.805. The summed E-state index contributed by atoms with van der Waals surface area (Å²) in [4.78, 5) is 21.0. The predicted octanol–water partition coefficient (Wildman–Crippen LogP) is 9.45. The van der Waals surface area contributed by atoms with Crippen molar-refractivity contribution in [3.05, 3.63) is 101 Å². The number of hydrogen-bond donors (Lipinski definition) is 1. The molecule has 12 heteroatoms. The molecular formula is C37H42ClF2NO8. The van der Waals surface area contributed by atoms with E-state index in [1.165, 1.54) is 24.3 Å². The number of esters is 1. The maximum atomic E-state index is 14.2. The molecule has 0 unspecified atom stereocenters. The van der Waals surface area contributed by atoms with Gasteiger partial charge < -0.3 is 34.2 Å². The fraction of sp³-hybridized carbons (Fsp3) is 0.297. The van der Waals surface area contributed by atoms with Crippen molar-refractivity contribution in [1.29, 1.82) is 0 Å². The molecule has 0 aromatic heterocycles. The molecule has 4 rings (SSSR count). The number of hydrogen-bond acceptors (Lipinski definition) is 9. The molecule has 0 bridgehead atoms. The summed E-state index contributed by atoms with van der Waals surface area (Å²) in [6.07, 6.45) is 1.79. The van der Waals surface area contributed by atoms with Crippen molar-refractivity contribution in [1.82, 2.24) is 0 Å². The number of ether oxygens (including phenoxy) is 6. The lowest BCUT2D eigenvalue weighted by Crippen LogP contribution is -2.07. The average molecular weight is 702 g/mol. The van der Waals surface area contributed by atoms with Gasteiger partial charge in [0.05, 0.1) is 33.9 Å². The van der Waals surface area contributed by atoms with Crippen LogP contribution in [0.5, 0.6) is 34.5 Å². The first-order valence-electron chi connectivity index (χ1n) is 15.5. The average Bonchev–Trinajstić information content (AvgIpc) is 3.08. The number of aryl methyl sites for hydroxylation is 2. The van der Waals surface area contributed by atoms with Crippen molar-refractivity contribution in [2.75, 3.05) is 33.2 Å². The highest BCUT2D eigenvalue weighted by Crippen LogP contribution is 2.35. The number of halogens is 3. The lowest BCUT2D eigenvalue weighted by Gasteiger charge is -2.12. The topological polar surface area (TPSA) is 116 Å².